The van der Waals surface area contributed by atoms with Gasteiger partial charge in [0.2, 0.25) is 5.11 Å². The molecule has 0 unspecified atom stereocenters. The van der Waals surface area contributed by atoms with Crippen LogP contribution in [-0.4, -0.2) is 17.4 Å². The number of hydrogen-bond donors (Lipinski definition) is 3. The second-order valence-corrected chi connectivity index (χ2v) is 2.86. The molecule has 0 saturated carbocycles. The third-order valence-electron chi connectivity index (χ3n) is 1.51. The third-order valence-corrected chi connectivity index (χ3v) is 1.70. The molecule has 3 N–H and O–H groups in total. The minimum Gasteiger partial charge on any atom is -0.289 e. The molecule has 0 spiro atoms. The number of hydrogen-bond acceptors (Lipinski definition) is 3. The van der Waals surface area contributed by atoms with E-state index in [1.165, 1.54) is 0 Å². The lowest BCUT2D eigenvalue weighted by molar-refractivity contribution is 0.232. The van der Waals surface area contributed by atoms with Crippen LogP contribution in [0.4, 0.5) is 5.69 Å². The van der Waals surface area contributed by atoms with Crippen LogP contribution in [0.25, 0.3) is 0 Å². The number of hydroxylamine groups is 1. The molecule has 13 heavy (non-hydrogen) atoms. The Morgan fingerprint density at radius 3 is 2.54 bits per heavy atom. The highest BCUT2D eigenvalue weighted by Gasteiger charge is 1.99. The van der Waals surface area contributed by atoms with Crippen LogP contribution in [0.5, 0.6) is 0 Å². The summed E-state index contributed by atoms with van der Waals surface area (Å²) in [6.07, 6.45) is 0. The number of rotatable bonds is 2. The van der Waals surface area contributed by atoms with Crippen LogP contribution in [0.15, 0.2) is 30.3 Å². The van der Waals surface area contributed by atoms with Crippen molar-refractivity contribution in [2.45, 2.75) is 0 Å². The number of hydrazine groups is 1. The first-order valence-corrected chi connectivity index (χ1v) is 4.14. The molecule has 0 aliphatic rings. The second-order valence-electron chi connectivity index (χ2n) is 2.45. The summed E-state index contributed by atoms with van der Waals surface area (Å²) in [6.45, 7) is 0. The van der Waals surface area contributed by atoms with Gasteiger partial charge in [0, 0.05) is 7.05 Å². The highest BCUT2D eigenvalue weighted by molar-refractivity contribution is 7.80. The fourth-order valence-electron chi connectivity index (χ4n) is 0.893. The van der Waals surface area contributed by atoms with Crippen molar-refractivity contribution in [3.63, 3.8) is 0 Å². The smallest absolute Gasteiger partial charge is 0.209 e. The summed E-state index contributed by atoms with van der Waals surface area (Å²) in [4.78, 5) is 0. The Bertz CT molecular complexity index is 278. The van der Waals surface area contributed by atoms with Gasteiger partial charge in [0.05, 0.1) is 5.69 Å². The van der Waals surface area contributed by atoms with Gasteiger partial charge < -0.3 is 0 Å². The van der Waals surface area contributed by atoms with Crippen LogP contribution < -0.4 is 15.9 Å². The maximum atomic E-state index is 8.45. The van der Waals surface area contributed by atoms with E-state index in [4.69, 9.17) is 17.4 Å². The van der Waals surface area contributed by atoms with E-state index < -0.39 is 0 Å². The quantitative estimate of drug-likeness (QED) is 0.485. The summed E-state index contributed by atoms with van der Waals surface area (Å²) in [5.74, 6) is 0. The van der Waals surface area contributed by atoms with Crippen molar-refractivity contribution in [3.05, 3.63) is 30.3 Å². The average molecular weight is 197 g/mol. The SMILES string of the molecule is CN(NC(=S)NO)c1ccccc1. The lowest BCUT2D eigenvalue weighted by atomic mass is 10.3. The van der Waals surface area contributed by atoms with Gasteiger partial charge in [0.1, 0.15) is 0 Å². The predicted octanol–water partition coefficient (Wildman–Crippen LogP) is 0.891. The van der Waals surface area contributed by atoms with Gasteiger partial charge in [0.25, 0.3) is 0 Å². The van der Waals surface area contributed by atoms with E-state index in [0.717, 1.165) is 5.69 Å². The Morgan fingerprint density at radius 1 is 1.38 bits per heavy atom. The maximum Gasteiger partial charge on any atom is 0.209 e. The minimum absolute atomic E-state index is 0.159. The molecule has 0 bridgehead atoms. The zero-order valence-electron chi connectivity index (χ0n) is 7.19. The average Bonchev–Trinajstić information content (AvgIpc) is 2.19. The van der Waals surface area contributed by atoms with Gasteiger partial charge in [-0.15, -0.1) is 0 Å². The number of thiocarbonyl (C=S) groups is 1. The summed E-state index contributed by atoms with van der Waals surface area (Å²) >= 11 is 4.72. The molecule has 1 aromatic carbocycles. The van der Waals surface area contributed by atoms with E-state index >= 15 is 0 Å². The van der Waals surface area contributed by atoms with Crippen LogP contribution in [0.2, 0.25) is 0 Å². The highest BCUT2D eigenvalue weighted by Crippen LogP contribution is 2.07. The molecule has 1 rings (SSSR count). The molecule has 1 aromatic rings. The Morgan fingerprint density at radius 2 is 2.00 bits per heavy atom. The van der Waals surface area contributed by atoms with Gasteiger partial charge in [-0.25, -0.2) is 5.48 Å². The van der Waals surface area contributed by atoms with Crippen molar-refractivity contribution in [3.8, 4) is 0 Å². The monoisotopic (exact) mass is 197 g/mol. The first-order chi connectivity index (χ1) is 6.24. The Hall–Kier alpha value is -1.33. The zero-order chi connectivity index (χ0) is 9.68. The third kappa shape index (κ3) is 2.89. The van der Waals surface area contributed by atoms with Crippen LogP contribution in [0.1, 0.15) is 0 Å². The van der Waals surface area contributed by atoms with Crippen molar-refractivity contribution in [1.29, 1.82) is 0 Å². The topological polar surface area (TPSA) is 47.5 Å². The zero-order valence-corrected chi connectivity index (χ0v) is 8.01. The van der Waals surface area contributed by atoms with Crippen LogP contribution in [-0.2, 0) is 0 Å². The Balaban J connectivity index is 2.59. The molecule has 0 fully saturated rings. The largest absolute Gasteiger partial charge is 0.289 e. The fraction of sp³-hybridized carbons (Fsp3) is 0.125. The molecule has 0 radical (unpaired) electrons. The van der Waals surface area contributed by atoms with E-state index in [0.29, 0.717) is 0 Å². The molecule has 0 heterocycles. The normalized spacial score (nSPS) is 9.08. The van der Waals surface area contributed by atoms with Crippen molar-refractivity contribution in [2.24, 2.45) is 0 Å². The number of anilines is 1. The van der Waals surface area contributed by atoms with E-state index in [2.05, 4.69) is 5.43 Å². The first kappa shape index (κ1) is 9.76. The molecule has 70 valence electrons. The van der Waals surface area contributed by atoms with Gasteiger partial charge in [0.15, 0.2) is 0 Å². The van der Waals surface area contributed by atoms with E-state index in [-0.39, 0.29) is 5.11 Å². The maximum absolute atomic E-state index is 8.45. The van der Waals surface area contributed by atoms with Crippen molar-refractivity contribution >= 4 is 23.0 Å². The summed E-state index contributed by atoms with van der Waals surface area (Å²) in [5.41, 5.74) is 5.55. The highest BCUT2D eigenvalue weighted by atomic mass is 32.1. The molecule has 0 aromatic heterocycles. The molecule has 0 amide bonds. The number of para-hydroxylation sites is 1. The summed E-state index contributed by atoms with van der Waals surface area (Å²) in [6, 6.07) is 9.62. The molecule has 5 heteroatoms. The molecular weight excluding hydrogens is 186 g/mol. The predicted molar refractivity (Wildman–Crippen MR) is 55.5 cm³/mol. The Kier molecular flexibility index (Phi) is 3.48. The van der Waals surface area contributed by atoms with E-state index in [1.54, 1.807) is 12.1 Å². The first-order valence-electron chi connectivity index (χ1n) is 3.73. The van der Waals surface area contributed by atoms with Gasteiger partial charge in [-0.3, -0.25) is 15.6 Å². The van der Waals surface area contributed by atoms with E-state index in [9.17, 15) is 0 Å². The molecular formula is C8H11N3OS. The summed E-state index contributed by atoms with van der Waals surface area (Å²) < 4.78 is 0. The van der Waals surface area contributed by atoms with Gasteiger partial charge in [-0.05, 0) is 24.4 Å². The van der Waals surface area contributed by atoms with Crippen molar-refractivity contribution in [1.82, 2.24) is 10.9 Å². The lowest BCUT2D eigenvalue weighted by Crippen LogP contribution is -2.44. The van der Waals surface area contributed by atoms with Crippen molar-refractivity contribution in [2.75, 3.05) is 12.1 Å². The number of nitrogens with one attached hydrogen (secondary N) is 2. The molecule has 0 aliphatic heterocycles. The molecule has 4 nitrogen and oxygen atoms in total. The lowest BCUT2D eigenvalue weighted by Gasteiger charge is -2.20. The molecule has 0 atom stereocenters. The van der Waals surface area contributed by atoms with Crippen LogP contribution >= 0.6 is 12.2 Å². The van der Waals surface area contributed by atoms with Gasteiger partial charge in [-0.1, -0.05) is 18.2 Å². The number of benzene rings is 1. The molecule has 0 aliphatic carbocycles. The van der Waals surface area contributed by atoms with Crippen LogP contribution in [0.3, 0.4) is 0 Å². The van der Waals surface area contributed by atoms with Crippen molar-refractivity contribution < 1.29 is 5.21 Å². The second kappa shape index (κ2) is 4.64. The van der Waals surface area contributed by atoms with E-state index in [1.807, 2.05) is 35.8 Å². The minimum atomic E-state index is 0.159. The standard InChI is InChI=1S/C8H11N3OS/c1-11(9-8(13)10-12)7-5-3-2-4-6-7/h2-6,12H,1H3,(H2,9,10,13). The fourth-order valence-corrected chi connectivity index (χ4v) is 1.03. The molecule has 0 saturated heterocycles. The van der Waals surface area contributed by atoms with Gasteiger partial charge in [-0.2, -0.15) is 0 Å². The summed E-state index contributed by atoms with van der Waals surface area (Å²) in [7, 11) is 1.80. The van der Waals surface area contributed by atoms with Crippen LogP contribution in [0, 0.1) is 0 Å². The summed E-state index contributed by atoms with van der Waals surface area (Å²) in [5, 5.41) is 10.3. The number of nitrogens with zero attached hydrogens (tertiary/aromatic N) is 1. The van der Waals surface area contributed by atoms with Gasteiger partial charge >= 0.3 is 0 Å². The Labute approximate surface area is 82.1 Å².